The lowest BCUT2D eigenvalue weighted by atomic mass is 10.0. The van der Waals surface area contributed by atoms with Crippen molar-refractivity contribution >= 4 is 11.9 Å². The number of nitrogens with one attached hydrogen (secondary N) is 1. The van der Waals surface area contributed by atoms with E-state index in [0.717, 1.165) is 0 Å². The van der Waals surface area contributed by atoms with Gasteiger partial charge < -0.3 is 15.9 Å². The number of nitrogens with two attached hydrogens (primary N) is 1. The number of carboxylic acids is 2. The fourth-order valence-electron chi connectivity index (χ4n) is 1.29. The quantitative estimate of drug-likeness (QED) is 0.409. The standard InChI is InChI=1S/C8H14N2O4/c9-5(6(11)12)2-1-3-8(4-10-8)7(13)14/h5,10H,1-4,9H2,(H,11,12)(H,13,14). The largest absolute Gasteiger partial charge is 0.480 e. The summed E-state index contributed by atoms with van der Waals surface area (Å²) in [5.74, 6) is -1.92. The van der Waals surface area contributed by atoms with Gasteiger partial charge in [-0.15, -0.1) is 0 Å². The van der Waals surface area contributed by atoms with E-state index in [0.29, 0.717) is 25.8 Å². The molecule has 14 heavy (non-hydrogen) atoms. The van der Waals surface area contributed by atoms with Crippen molar-refractivity contribution in [1.29, 1.82) is 0 Å². The number of hydrogen-bond acceptors (Lipinski definition) is 4. The van der Waals surface area contributed by atoms with E-state index in [1.165, 1.54) is 0 Å². The van der Waals surface area contributed by atoms with Crippen molar-refractivity contribution in [2.75, 3.05) is 6.54 Å². The van der Waals surface area contributed by atoms with E-state index < -0.39 is 23.5 Å². The summed E-state index contributed by atoms with van der Waals surface area (Å²) in [5.41, 5.74) is 4.47. The molecule has 1 rings (SSSR count). The highest BCUT2D eigenvalue weighted by atomic mass is 16.4. The second kappa shape index (κ2) is 3.93. The van der Waals surface area contributed by atoms with Crippen LogP contribution in [0.15, 0.2) is 0 Å². The number of carbonyl (C=O) groups is 2. The molecule has 2 unspecified atom stereocenters. The minimum absolute atomic E-state index is 0.312. The van der Waals surface area contributed by atoms with Crippen LogP contribution in [0.1, 0.15) is 19.3 Å². The molecule has 5 N–H and O–H groups in total. The minimum atomic E-state index is -1.04. The van der Waals surface area contributed by atoms with Crippen LogP contribution >= 0.6 is 0 Å². The first-order valence-corrected chi connectivity index (χ1v) is 4.45. The maximum atomic E-state index is 10.7. The predicted octanol–water partition coefficient (Wildman–Crippen LogP) is -1.00. The summed E-state index contributed by atoms with van der Waals surface area (Å²) in [6, 6.07) is -0.889. The molecule has 6 nitrogen and oxygen atoms in total. The van der Waals surface area contributed by atoms with Gasteiger partial charge in [-0.25, -0.2) is 0 Å². The molecule has 6 heteroatoms. The van der Waals surface area contributed by atoms with E-state index in [-0.39, 0.29) is 0 Å². The highest BCUT2D eigenvalue weighted by Gasteiger charge is 2.49. The van der Waals surface area contributed by atoms with E-state index in [1.54, 1.807) is 0 Å². The molecule has 0 amide bonds. The van der Waals surface area contributed by atoms with E-state index in [4.69, 9.17) is 15.9 Å². The third kappa shape index (κ3) is 2.43. The van der Waals surface area contributed by atoms with Gasteiger partial charge in [0.25, 0.3) is 0 Å². The lowest BCUT2D eigenvalue weighted by molar-refractivity contribution is -0.140. The SMILES string of the molecule is NC(CCCC1(C(=O)O)CN1)C(=O)O. The number of carboxylic acid groups (broad SMARTS) is 2. The molecule has 80 valence electrons. The van der Waals surface area contributed by atoms with Crippen LogP contribution < -0.4 is 11.1 Å². The molecule has 0 saturated carbocycles. The molecule has 0 aromatic rings. The molecular weight excluding hydrogens is 188 g/mol. The van der Waals surface area contributed by atoms with E-state index in [9.17, 15) is 9.59 Å². The zero-order chi connectivity index (χ0) is 10.8. The van der Waals surface area contributed by atoms with Crippen LogP contribution in [0.25, 0.3) is 0 Å². The lowest BCUT2D eigenvalue weighted by Gasteiger charge is -2.09. The molecule has 0 spiro atoms. The van der Waals surface area contributed by atoms with Crippen LogP contribution in [0.5, 0.6) is 0 Å². The summed E-state index contributed by atoms with van der Waals surface area (Å²) in [4.78, 5) is 21.0. The van der Waals surface area contributed by atoms with Gasteiger partial charge >= 0.3 is 11.9 Å². The molecule has 1 saturated heterocycles. The number of hydrogen-bond donors (Lipinski definition) is 4. The first-order chi connectivity index (χ1) is 6.48. The van der Waals surface area contributed by atoms with Crippen LogP contribution in [0.2, 0.25) is 0 Å². The van der Waals surface area contributed by atoms with Crippen molar-refractivity contribution in [2.45, 2.75) is 30.8 Å². The minimum Gasteiger partial charge on any atom is -0.480 e. The second-order valence-corrected chi connectivity index (χ2v) is 3.58. The molecule has 1 heterocycles. The maximum absolute atomic E-state index is 10.7. The molecule has 1 aliphatic heterocycles. The summed E-state index contributed by atoms with van der Waals surface area (Å²) in [6.07, 6.45) is 1.25. The predicted molar refractivity (Wildman–Crippen MR) is 47.8 cm³/mol. The molecule has 0 radical (unpaired) electrons. The summed E-state index contributed by atoms with van der Waals surface area (Å²) in [6.45, 7) is 0.463. The molecule has 0 bridgehead atoms. The second-order valence-electron chi connectivity index (χ2n) is 3.58. The zero-order valence-electron chi connectivity index (χ0n) is 7.69. The molecule has 1 fully saturated rings. The van der Waals surface area contributed by atoms with Gasteiger partial charge in [-0.2, -0.15) is 0 Å². The van der Waals surface area contributed by atoms with Crippen LogP contribution in [0.4, 0.5) is 0 Å². The van der Waals surface area contributed by atoms with E-state index in [1.807, 2.05) is 0 Å². The normalized spacial score (nSPS) is 26.9. The first kappa shape index (κ1) is 10.9. The topological polar surface area (TPSA) is 123 Å². The van der Waals surface area contributed by atoms with Crippen LogP contribution in [-0.2, 0) is 9.59 Å². The van der Waals surface area contributed by atoms with Gasteiger partial charge in [0.1, 0.15) is 11.6 Å². The van der Waals surface area contributed by atoms with E-state index in [2.05, 4.69) is 5.32 Å². The molecule has 1 aliphatic rings. The average molecular weight is 202 g/mol. The van der Waals surface area contributed by atoms with Crippen molar-refractivity contribution in [3.05, 3.63) is 0 Å². The van der Waals surface area contributed by atoms with Gasteiger partial charge in [-0.3, -0.25) is 14.9 Å². The summed E-state index contributed by atoms with van der Waals surface area (Å²) in [5, 5.41) is 20.0. The Balaban J connectivity index is 2.22. The van der Waals surface area contributed by atoms with Crippen LogP contribution in [0, 0.1) is 0 Å². The molecule has 0 aliphatic carbocycles. The van der Waals surface area contributed by atoms with E-state index >= 15 is 0 Å². The summed E-state index contributed by atoms with van der Waals surface area (Å²) < 4.78 is 0. The third-order valence-electron chi connectivity index (χ3n) is 2.45. The van der Waals surface area contributed by atoms with Gasteiger partial charge in [-0.05, 0) is 19.3 Å². The fourth-order valence-corrected chi connectivity index (χ4v) is 1.29. The van der Waals surface area contributed by atoms with Crippen molar-refractivity contribution in [1.82, 2.24) is 5.32 Å². The van der Waals surface area contributed by atoms with Crippen molar-refractivity contribution < 1.29 is 19.8 Å². The van der Waals surface area contributed by atoms with Gasteiger partial charge in [0, 0.05) is 6.54 Å². The Morgan fingerprint density at radius 1 is 1.50 bits per heavy atom. The Morgan fingerprint density at radius 2 is 2.07 bits per heavy atom. The highest BCUT2D eigenvalue weighted by Crippen LogP contribution is 2.24. The van der Waals surface area contributed by atoms with Crippen LogP contribution in [-0.4, -0.2) is 40.3 Å². The molecular formula is C8H14N2O4. The maximum Gasteiger partial charge on any atom is 0.325 e. The molecule has 0 aromatic heterocycles. The average Bonchev–Trinajstić information content (AvgIpc) is 2.85. The number of aliphatic carboxylic acids is 2. The highest BCUT2D eigenvalue weighted by molar-refractivity contribution is 5.82. The Hall–Kier alpha value is -1.14. The molecule has 2 atom stereocenters. The lowest BCUT2D eigenvalue weighted by Crippen LogP contribution is -2.32. The zero-order valence-corrected chi connectivity index (χ0v) is 7.69. The Bertz CT molecular complexity index is 250. The Morgan fingerprint density at radius 3 is 2.43 bits per heavy atom. The monoisotopic (exact) mass is 202 g/mol. The Labute approximate surface area is 81.1 Å². The smallest absolute Gasteiger partial charge is 0.325 e. The Kier molecular flexibility index (Phi) is 3.07. The van der Waals surface area contributed by atoms with Crippen molar-refractivity contribution in [2.24, 2.45) is 5.73 Å². The molecule has 0 aromatic carbocycles. The summed E-state index contributed by atoms with van der Waals surface area (Å²) >= 11 is 0. The van der Waals surface area contributed by atoms with Crippen molar-refractivity contribution in [3.8, 4) is 0 Å². The first-order valence-electron chi connectivity index (χ1n) is 4.45. The van der Waals surface area contributed by atoms with Gasteiger partial charge in [0.05, 0.1) is 0 Å². The third-order valence-corrected chi connectivity index (χ3v) is 2.45. The van der Waals surface area contributed by atoms with Gasteiger partial charge in [0.2, 0.25) is 0 Å². The van der Waals surface area contributed by atoms with Crippen LogP contribution in [0.3, 0.4) is 0 Å². The van der Waals surface area contributed by atoms with Gasteiger partial charge in [-0.1, -0.05) is 0 Å². The van der Waals surface area contributed by atoms with Gasteiger partial charge in [0.15, 0.2) is 0 Å². The summed E-state index contributed by atoms with van der Waals surface area (Å²) in [7, 11) is 0. The van der Waals surface area contributed by atoms with Crippen molar-refractivity contribution in [3.63, 3.8) is 0 Å². The fraction of sp³-hybridized carbons (Fsp3) is 0.750. The number of rotatable bonds is 6.